The minimum Gasteiger partial charge on any atom is -0.337 e. The molecule has 7 nitrogen and oxygen atoms in total. The topological polar surface area (TPSA) is 99.3 Å². The molecule has 4 N–H and O–H groups in total. The average molecular weight is 314 g/mol. The highest BCUT2D eigenvalue weighted by atomic mass is 32.2. The fraction of sp³-hybridized carbons (Fsp3) is 0.462. The zero-order valence-electron chi connectivity index (χ0n) is 12.4. The van der Waals surface area contributed by atoms with Crippen LogP contribution in [0.4, 0.5) is 10.5 Å². The van der Waals surface area contributed by atoms with E-state index in [0.29, 0.717) is 5.69 Å². The fourth-order valence-corrected chi connectivity index (χ4v) is 2.08. The Labute approximate surface area is 125 Å². The molecule has 1 rings (SSSR count). The molecule has 1 aromatic rings. The Morgan fingerprint density at radius 3 is 2.33 bits per heavy atom. The van der Waals surface area contributed by atoms with E-state index in [0.717, 1.165) is 11.8 Å². The lowest BCUT2D eigenvalue weighted by molar-refractivity contribution is 0.252. The number of rotatable bonds is 7. The third-order valence-electron chi connectivity index (χ3n) is 2.88. The summed E-state index contributed by atoms with van der Waals surface area (Å²) in [5.74, 6) is 0. The minimum atomic E-state index is -3.22. The molecule has 0 aliphatic rings. The van der Waals surface area contributed by atoms with Crippen molar-refractivity contribution < 1.29 is 13.2 Å². The molecule has 0 spiro atoms. The number of hydrogen-bond donors (Lipinski definition) is 4. The predicted molar refractivity (Wildman–Crippen MR) is 83.8 cm³/mol. The first-order valence-electron chi connectivity index (χ1n) is 6.58. The highest BCUT2D eigenvalue weighted by Crippen LogP contribution is 2.15. The highest BCUT2D eigenvalue weighted by molar-refractivity contribution is 7.88. The molecular weight excluding hydrogens is 292 g/mol. The van der Waals surface area contributed by atoms with Crippen molar-refractivity contribution in [3.05, 3.63) is 29.8 Å². The molecule has 0 aromatic heterocycles. The van der Waals surface area contributed by atoms with Crippen LogP contribution in [0.2, 0.25) is 0 Å². The third-order valence-corrected chi connectivity index (χ3v) is 3.60. The van der Waals surface area contributed by atoms with Gasteiger partial charge in [-0.25, -0.2) is 17.9 Å². The molecule has 0 heterocycles. The Bertz CT molecular complexity index is 557. The van der Waals surface area contributed by atoms with Crippen molar-refractivity contribution in [2.75, 3.05) is 31.7 Å². The number of urea groups is 1. The number of carbonyl (C=O) groups is 1. The summed E-state index contributed by atoms with van der Waals surface area (Å²) in [5.41, 5.74) is 1.80. The molecule has 1 unspecified atom stereocenters. The van der Waals surface area contributed by atoms with E-state index in [-0.39, 0.29) is 25.2 Å². The molecule has 0 radical (unpaired) electrons. The first-order chi connectivity index (χ1) is 9.81. The van der Waals surface area contributed by atoms with Crippen molar-refractivity contribution >= 4 is 21.7 Å². The molecule has 21 heavy (non-hydrogen) atoms. The third kappa shape index (κ3) is 7.07. The Balaban J connectivity index is 2.38. The number of hydrogen-bond acceptors (Lipinski definition) is 4. The van der Waals surface area contributed by atoms with E-state index in [4.69, 9.17) is 0 Å². The number of carbonyl (C=O) groups excluding carboxylic acids is 1. The summed E-state index contributed by atoms with van der Waals surface area (Å²) in [7, 11) is -1.34. The van der Waals surface area contributed by atoms with Crippen LogP contribution in [0.3, 0.4) is 0 Å². The van der Waals surface area contributed by atoms with Crippen molar-refractivity contribution in [3.63, 3.8) is 0 Å². The summed E-state index contributed by atoms with van der Waals surface area (Å²) < 4.78 is 24.0. The standard InChI is InChI=1S/C13H22N4O3S/c1-10(14-2)11-4-6-12(7-5-11)17-13(18)15-8-9-16-21(3,19)20/h4-7,10,14,16H,8-9H2,1-3H3,(H2,15,17,18). The van der Waals surface area contributed by atoms with Gasteiger partial charge >= 0.3 is 6.03 Å². The molecule has 2 amide bonds. The Morgan fingerprint density at radius 2 is 1.81 bits per heavy atom. The Kier molecular flexibility index (Phi) is 6.60. The van der Waals surface area contributed by atoms with Crippen LogP contribution < -0.4 is 20.7 Å². The maximum absolute atomic E-state index is 11.6. The monoisotopic (exact) mass is 314 g/mol. The van der Waals surface area contributed by atoms with Gasteiger partial charge in [-0.15, -0.1) is 0 Å². The van der Waals surface area contributed by atoms with Crippen LogP contribution in [0.5, 0.6) is 0 Å². The molecular formula is C13H22N4O3S. The molecule has 118 valence electrons. The lowest BCUT2D eigenvalue weighted by Gasteiger charge is -2.12. The van der Waals surface area contributed by atoms with Crippen LogP contribution in [-0.2, 0) is 10.0 Å². The largest absolute Gasteiger partial charge is 0.337 e. The fourth-order valence-electron chi connectivity index (χ4n) is 1.61. The summed E-state index contributed by atoms with van der Waals surface area (Å²) in [4.78, 5) is 11.6. The summed E-state index contributed by atoms with van der Waals surface area (Å²) in [6, 6.07) is 7.37. The summed E-state index contributed by atoms with van der Waals surface area (Å²) in [6.45, 7) is 2.42. The second-order valence-electron chi connectivity index (χ2n) is 4.68. The van der Waals surface area contributed by atoms with Gasteiger partial charge in [0.25, 0.3) is 0 Å². The van der Waals surface area contributed by atoms with E-state index in [9.17, 15) is 13.2 Å². The maximum atomic E-state index is 11.6. The normalized spacial score (nSPS) is 12.7. The quantitative estimate of drug-likeness (QED) is 0.555. The van der Waals surface area contributed by atoms with Gasteiger partial charge in [0.2, 0.25) is 10.0 Å². The lowest BCUT2D eigenvalue weighted by atomic mass is 10.1. The van der Waals surface area contributed by atoms with Crippen molar-refractivity contribution in [2.45, 2.75) is 13.0 Å². The molecule has 8 heteroatoms. The van der Waals surface area contributed by atoms with Gasteiger partial charge in [-0.2, -0.15) is 0 Å². The van der Waals surface area contributed by atoms with Crippen molar-refractivity contribution in [1.29, 1.82) is 0 Å². The summed E-state index contributed by atoms with van der Waals surface area (Å²) >= 11 is 0. The predicted octanol–water partition coefficient (Wildman–Crippen LogP) is 0.638. The van der Waals surface area contributed by atoms with Crippen LogP contribution in [0.1, 0.15) is 18.5 Å². The number of anilines is 1. The number of nitrogens with one attached hydrogen (secondary N) is 4. The Hall–Kier alpha value is -1.64. The zero-order chi connectivity index (χ0) is 15.9. The molecule has 1 atom stereocenters. The number of amides is 2. The SMILES string of the molecule is CNC(C)c1ccc(NC(=O)NCCNS(C)(=O)=O)cc1. The van der Waals surface area contributed by atoms with E-state index in [1.165, 1.54) is 0 Å². The van der Waals surface area contributed by atoms with E-state index >= 15 is 0 Å². The van der Waals surface area contributed by atoms with Crippen molar-refractivity contribution in [1.82, 2.24) is 15.4 Å². The smallest absolute Gasteiger partial charge is 0.319 e. The summed E-state index contributed by atoms with van der Waals surface area (Å²) in [6.07, 6.45) is 1.07. The van der Waals surface area contributed by atoms with Crippen LogP contribution in [0.25, 0.3) is 0 Å². The molecule has 0 bridgehead atoms. The van der Waals surface area contributed by atoms with Gasteiger partial charge < -0.3 is 16.0 Å². The maximum Gasteiger partial charge on any atom is 0.319 e. The van der Waals surface area contributed by atoms with Crippen molar-refractivity contribution in [3.8, 4) is 0 Å². The molecule has 0 saturated carbocycles. The van der Waals surface area contributed by atoms with Crippen molar-refractivity contribution in [2.24, 2.45) is 0 Å². The molecule has 1 aromatic carbocycles. The second-order valence-corrected chi connectivity index (χ2v) is 6.51. The van der Waals surface area contributed by atoms with Crippen LogP contribution in [0.15, 0.2) is 24.3 Å². The molecule has 0 aliphatic carbocycles. The van der Waals surface area contributed by atoms with E-state index in [1.54, 1.807) is 0 Å². The van der Waals surface area contributed by atoms with Gasteiger partial charge in [0.05, 0.1) is 6.26 Å². The van der Waals surface area contributed by atoms with Crippen LogP contribution >= 0.6 is 0 Å². The van der Waals surface area contributed by atoms with E-state index < -0.39 is 10.0 Å². The summed E-state index contributed by atoms with van der Waals surface area (Å²) in [5, 5.41) is 8.37. The first kappa shape index (κ1) is 17.4. The first-order valence-corrected chi connectivity index (χ1v) is 8.47. The van der Waals surface area contributed by atoms with Gasteiger partial charge in [-0.3, -0.25) is 0 Å². The molecule has 0 aliphatic heterocycles. The zero-order valence-corrected chi connectivity index (χ0v) is 13.3. The van der Waals surface area contributed by atoms with Gasteiger partial charge in [-0.1, -0.05) is 12.1 Å². The lowest BCUT2D eigenvalue weighted by Crippen LogP contribution is -2.36. The number of sulfonamides is 1. The number of benzene rings is 1. The second kappa shape index (κ2) is 7.96. The van der Waals surface area contributed by atoms with Crippen LogP contribution in [-0.4, -0.2) is 40.8 Å². The average Bonchev–Trinajstić information content (AvgIpc) is 2.42. The van der Waals surface area contributed by atoms with Gasteiger partial charge in [0, 0.05) is 24.8 Å². The van der Waals surface area contributed by atoms with E-state index in [1.807, 2.05) is 38.2 Å². The highest BCUT2D eigenvalue weighted by Gasteiger charge is 2.05. The van der Waals surface area contributed by atoms with E-state index in [2.05, 4.69) is 20.7 Å². The van der Waals surface area contributed by atoms with Gasteiger partial charge in [-0.05, 0) is 31.7 Å². The van der Waals surface area contributed by atoms with Gasteiger partial charge in [0.1, 0.15) is 0 Å². The van der Waals surface area contributed by atoms with Gasteiger partial charge in [0.15, 0.2) is 0 Å². The van der Waals surface area contributed by atoms with Crippen LogP contribution in [0, 0.1) is 0 Å². The molecule has 0 saturated heterocycles. The minimum absolute atomic E-state index is 0.158. The molecule has 0 fully saturated rings. The Morgan fingerprint density at radius 1 is 1.19 bits per heavy atom.